The molecular weight excluding hydrogens is 435 g/mol. The monoisotopic (exact) mass is 453 g/mol. The Balaban J connectivity index is 0.000000633. The SMILES string of the molecule is CCn1c(CNC(=O)c2cc(CN=[N+]=[N-])cc(N=[N+]=[N-])c2)cnc1C.O=C(O)C(F)(F)F. The lowest BCUT2D eigenvalue weighted by molar-refractivity contribution is -0.192. The molecule has 2 N–H and O–H groups in total. The van der Waals surface area contributed by atoms with E-state index in [0.29, 0.717) is 17.7 Å². The fourth-order valence-corrected chi connectivity index (χ4v) is 2.48. The number of nitrogens with one attached hydrogen (secondary N) is 1. The second kappa shape index (κ2) is 11.8. The van der Waals surface area contributed by atoms with E-state index in [1.54, 1.807) is 18.3 Å². The Morgan fingerprint density at radius 1 is 1.25 bits per heavy atom. The minimum absolute atomic E-state index is 0.0629. The number of halogens is 3. The molecule has 0 aliphatic rings. The highest BCUT2D eigenvalue weighted by atomic mass is 19.4. The molecule has 2 rings (SSSR count). The van der Waals surface area contributed by atoms with Gasteiger partial charge in [0.1, 0.15) is 5.82 Å². The molecule has 0 saturated heterocycles. The number of aryl methyl sites for hydroxylation is 1. The van der Waals surface area contributed by atoms with Crippen molar-refractivity contribution in [1.82, 2.24) is 14.9 Å². The third kappa shape index (κ3) is 7.89. The Morgan fingerprint density at radius 2 is 1.91 bits per heavy atom. The maximum atomic E-state index is 12.4. The van der Waals surface area contributed by atoms with Crippen LogP contribution < -0.4 is 5.32 Å². The van der Waals surface area contributed by atoms with E-state index >= 15 is 0 Å². The molecule has 1 amide bonds. The summed E-state index contributed by atoms with van der Waals surface area (Å²) in [6.07, 6.45) is -3.36. The maximum absolute atomic E-state index is 12.4. The highest BCUT2D eigenvalue weighted by molar-refractivity contribution is 5.95. The number of carboxylic acid groups (broad SMARTS) is 1. The van der Waals surface area contributed by atoms with Crippen molar-refractivity contribution >= 4 is 17.6 Å². The molecule has 12 nitrogen and oxygen atoms in total. The molecule has 0 saturated carbocycles. The molecule has 0 unspecified atom stereocenters. The predicted octanol–water partition coefficient (Wildman–Crippen LogP) is 4.53. The first kappa shape index (κ1) is 25.8. The van der Waals surface area contributed by atoms with E-state index in [1.807, 2.05) is 18.4 Å². The summed E-state index contributed by atoms with van der Waals surface area (Å²) < 4.78 is 33.7. The molecule has 0 aliphatic heterocycles. The predicted molar refractivity (Wildman–Crippen MR) is 106 cm³/mol. The lowest BCUT2D eigenvalue weighted by Gasteiger charge is -2.10. The van der Waals surface area contributed by atoms with Crippen LogP contribution in [0.25, 0.3) is 20.9 Å². The number of aliphatic carboxylic acids is 1. The van der Waals surface area contributed by atoms with Gasteiger partial charge in [-0.05, 0) is 48.7 Å². The van der Waals surface area contributed by atoms with Gasteiger partial charge in [-0.15, -0.1) is 0 Å². The standard InChI is InChI=1S/C15H17N9O.C2HF3O2/c1-3-24-10(2)18-8-14(24)9-19-15(25)12-4-11(7-20-22-16)5-13(6-12)21-23-17;3-2(4,5)1(6)7/h4-6,8H,3,7,9H2,1-2H3,(H,19,25);(H,6,7). The quantitative estimate of drug-likeness (QED) is 0.355. The van der Waals surface area contributed by atoms with Gasteiger partial charge in [-0.3, -0.25) is 4.79 Å². The third-order valence-electron chi connectivity index (χ3n) is 3.84. The summed E-state index contributed by atoms with van der Waals surface area (Å²) in [5.74, 6) is -2.19. The molecule has 0 radical (unpaired) electrons. The number of carbonyl (C=O) groups excluding carboxylic acids is 1. The van der Waals surface area contributed by atoms with Crippen LogP contribution in [0, 0.1) is 6.92 Å². The zero-order chi connectivity index (χ0) is 24.3. The average molecular weight is 453 g/mol. The van der Waals surface area contributed by atoms with Crippen molar-refractivity contribution in [3.63, 3.8) is 0 Å². The molecule has 0 atom stereocenters. The molecule has 170 valence electrons. The highest BCUT2D eigenvalue weighted by Gasteiger charge is 2.38. The van der Waals surface area contributed by atoms with Gasteiger partial charge in [-0.25, -0.2) is 9.78 Å². The van der Waals surface area contributed by atoms with Gasteiger partial charge >= 0.3 is 12.1 Å². The molecule has 0 spiro atoms. The number of hydrogen-bond acceptors (Lipinski definition) is 5. The number of carbonyl (C=O) groups is 2. The summed E-state index contributed by atoms with van der Waals surface area (Å²) in [5, 5.41) is 16.9. The number of benzene rings is 1. The van der Waals surface area contributed by atoms with Crippen LogP contribution in [0.3, 0.4) is 0 Å². The Labute approximate surface area is 178 Å². The number of azide groups is 2. The van der Waals surface area contributed by atoms with Crippen molar-refractivity contribution in [2.45, 2.75) is 39.7 Å². The minimum atomic E-state index is -5.08. The van der Waals surface area contributed by atoms with Gasteiger partial charge in [0.25, 0.3) is 5.91 Å². The molecule has 32 heavy (non-hydrogen) atoms. The Morgan fingerprint density at radius 3 is 2.44 bits per heavy atom. The highest BCUT2D eigenvalue weighted by Crippen LogP contribution is 2.19. The minimum Gasteiger partial charge on any atom is -0.475 e. The summed E-state index contributed by atoms with van der Waals surface area (Å²) >= 11 is 0. The van der Waals surface area contributed by atoms with Crippen LogP contribution in [-0.2, 0) is 24.4 Å². The van der Waals surface area contributed by atoms with E-state index < -0.39 is 12.1 Å². The normalized spacial score (nSPS) is 10.2. The van der Waals surface area contributed by atoms with Crippen molar-refractivity contribution < 1.29 is 27.9 Å². The van der Waals surface area contributed by atoms with E-state index in [1.165, 1.54) is 6.07 Å². The molecule has 0 fully saturated rings. The van der Waals surface area contributed by atoms with Gasteiger partial charge in [-0.2, -0.15) is 13.2 Å². The first-order chi connectivity index (χ1) is 15.0. The average Bonchev–Trinajstić information content (AvgIpc) is 3.09. The van der Waals surface area contributed by atoms with Crippen LogP contribution in [0.15, 0.2) is 34.6 Å². The van der Waals surface area contributed by atoms with Gasteiger partial charge in [0.15, 0.2) is 0 Å². The summed E-state index contributed by atoms with van der Waals surface area (Å²) in [4.78, 5) is 31.0. The van der Waals surface area contributed by atoms with Gasteiger partial charge < -0.3 is 15.0 Å². The number of nitrogens with zero attached hydrogens (tertiary/aromatic N) is 8. The van der Waals surface area contributed by atoms with Gasteiger partial charge in [-0.1, -0.05) is 10.2 Å². The summed E-state index contributed by atoms with van der Waals surface area (Å²) in [5.41, 5.74) is 19.1. The Kier molecular flexibility index (Phi) is 9.55. The van der Waals surface area contributed by atoms with E-state index in [-0.39, 0.29) is 18.1 Å². The lowest BCUT2D eigenvalue weighted by atomic mass is 10.1. The van der Waals surface area contributed by atoms with Gasteiger partial charge in [0.2, 0.25) is 0 Å². The third-order valence-corrected chi connectivity index (χ3v) is 3.84. The topological polar surface area (TPSA) is 182 Å². The van der Waals surface area contributed by atoms with Crippen LogP contribution in [0.2, 0.25) is 0 Å². The van der Waals surface area contributed by atoms with Crippen LogP contribution in [-0.4, -0.2) is 32.7 Å². The van der Waals surface area contributed by atoms with E-state index in [4.69, 9.17) is 21.0 Å². The number of alkyl halides is 3. The fraction of sp³-hybridized carbons (Fsp3) is 0.353. The molecule has 15 heteroatoms. The second-order valence-electron chi connectivity index (χ2n) is 5.99. The number of aromatic nitrogens is 2. The van der Waals surface area contributed by atoms with Crippen molar-refractivity contribution in [2.24, 2.45) is 10.2 Å². The van der Waals surface area contributed by atoms with Gasteiger partial charge in [0.05, 0.1) is 25.0 Å². The van der Waals surface area contributed by atoms with Crippen LogP contribution in [0.4, 0.5) is 18.9 Å². The fourth-order valence-electron chi connectivity index (χ4n) is 2.48. The van der Waals surface area contributed by atoms with Crippen LogP contribution >= 0.6 is 0 Å². The zero-order valence-corrected chi connectivity index (χ0v) is 16.9. The molecule has 1 aromatic carbocycles. The van der Waals surface area contributed by atoms with E-state index in [9.17, 15) is 18.0 Å². The summed E-state index contributed by atoms with van der Waals surface area (Å²) in [6.45, 7) is 5.06. The Hall–Kier alpha value is -4.22. The van der Waals surface area contributed by atoms with Crippen LogP contribution in [0.1, 0.15) is 34.4 Å². The number of rotatable bonds is 7. The first-order valence-corrected chi connectivity index (χ1v) is 8.82. The zero-order valence-electron chi connectivity index (χ0n) is 16.9. The molecule has 1 aromatic heterocycles. The number of amides is 1. The number of carboxylic acids is 1. The van der Waals surface area contributed by atoms with Gasteiger partial charge in [0, 0.05) is 27.6 Å². The van der Waals surface area contributed by atoms with Crippen molar-refractivity contribution in [3.05, 3.63) is 67.9 Å². The van der Waals surface area contributed by atoms with E-state index in [0.717, 1.165) is 18.1 Å². The van der Waals surface area contributed by atoms with Crippen molar-refractivity contribution in [1.29, 1.82) is 0 Å². The smallest absolute Gasteiger partial charge is 0.475 e. The number of imidazole rings is 1. The molecular formula is C17H18F3N9O3. The lowest BCUT2D eigenvalue weighted by Crippen LogP contribution is -2.24. The van der Waals surface area contributed by atoms with Crippen LogP contribution in [0.5, 0.6) is 0 Å². The maximum Gasteiger partial charge on any atom is 0.490 e. The summed E-state index contributed by atoms with van der Waals surface area (Å²) in [6, 6.07) is 4.65. The molecule has 0 aliphatic carbocycles. The molecule has 0 bridgehead atoms. The molecule has 2 aromatic rings. The second-order valence-corrected chi connectivity index (χ2v) is 5.99. The number of hydrogen-bond donors (Lipinski definition) is 2. The van der Waals surface area contributed by atoms with Crippen molar-refractivity contribution in [3.8, 4) is 0 Å². The molecule has 1 heterocycles. The Bertz CT molecular complexity index is 1070. The van der Waals surface area contributed by atoms with E-state index in [2.05, 4.69) is 30.4 Å². The summed E-state index contributed by atoms with van der Waals surface area (Å²) in [7, 11) is 0. The first-order valence-electron chi connectivity index (χ1n) is 8.82. The largest absolute Gasteiger partial charge is 0.490 e. The van der Waals surface area contributed by atoms with Crippen molar-refractivity contribution in [2.75, 3.05) is 0 Å².